The zero-order valence-electron chi connectivity index (χ0n) is 8.19. The Kier molecular flexibility index (Phi) is 2.99. The van der Waals surface area contributed by atoms with Crippen LogP contribution in [0.25, 0.3) is 0 Å². The molecule has 0 spiro atoms. The molecule has 1 N–H and O–H groups in total. The van der Waals surface area contributed by atoms with Gasteiger partial charge in [0.25, 0.3) is 0 Å². The van der Waals surface area contributed by atoms with Crippen LogP contribution in [-0.4, -0.2) is 31.3 Å². The monoisotopic (exact) mass is 221 g/mol. The largest absolute Gasteiger partial charge is 0.378 e. The number of rotatable bonds is 1. The topological polar surface area (TPSA) is 52.1 Å². The molecule has 1 aromatic rings. The Balaban J connectivity index is 2.26. The molecule has 0 unspecified atom stereocenters. The molecule has 0 aliphatic carbocycles. The van der Waals surface area contributed by atoms with Crippen molar-refractivity contribution in [1.82, 2.24) is 4.98 Å². The maximum absolute atomic E-state index is 8.75. The summed E-state index contributed by atoms with van der Waals surface area (Å²) >= 11 is 5.07. The number of H-pyrrole nitrogens is 1. The van der Waals surface area contributed by atoms with Crippen LogP contribution in [0.15, 0.2) is 12.1 Å². The Morgan fingerprint density at radius 1 is 1.40 bits per heavy atom. The highest BCUT2D eigenvalue weighted by Crippen LogP contribution is 2.13. The van der Waals surface area contributed by atoms with E-state index in [1.807, 2.05) is 12.1 Å². The summed E-state index contributed by atoms with van der Waals surface area (Å²) in [4.78, 5) is 5.23. The van der Waals surface area contributed by atoms with Gasteiger partial charge < -0.3 is 14.6 Å². The van der Waals surface area contributed by atoms with E-state index >= 15 is 0 Å². The fourth-order valence-corrected chi connectivity index (χ4v) is 1.76. The fraction of sp³-hybridized carbons (Fsp3) is 0.400. The molecule has 0 radical (unpaired) electrons. The van der Waals surface area contributed by atoms with Gasteiger partial charge in [-0.25, -0.2) is 0 Å². The smallest absolute Gasteiger partial charge is 0.122 e. The number of nitriles is 1. The van der Waals surface area contributed by atoms with Gasteiger partial charge in [0.2, 0.25) is 0 Å². The number of hydrogen-bond acceptors (Lipinski definition) is 4. The summed E-state index contributed by atoms with van der Waals surface area (Å²) in [6, 6.07) is 5.69. The first-order chi connectivity index (χ1) is 7.31. The average molecular weight is 221 g/mol. The molecule has 1 aliphatic heterocycles. The third kappa shape index (κ3) is 2.17. The molecule has 78 valence electrons. The molecule has 0 atom stereocenters. The Labute approximate surface area is 93.1 Å². The normalized spacial score (nSPS) is 16.1. The first-order valence-electron chi connectivity index (χ1n) is 4.77. The van der Waals surface area contributed by atoms with Crippen LogP contribution < -0.4 is 4.90 Å². The van der Waals surface area contributed by atoms with Crippen molar-refractivity contribution in [2.24, 2.45) is 0 Å². The standard InChI is InChI=1S/C10H11N3OS/c11-7-8-1-2-9(12-10(8)15)13-3-5-14-6-4-13/h1-2H,3-6H2,(H,12,15). The second-order valence-electron chi connectivity index (χ2n) is 3.30. The quantitative estimate of drug-likeness (QED) is 0.729. The molecule has 2 rings (SSSR count). The van der Waals surface area contributed by atoms with E-state index in [1.165, 1.54) is 0 Å². The van der Waals surface area contributed by atoms with Crippen LogP contribution in [0, 0.1) is 16.0 Å². The second kappa shape index (κ2) is 4.43. The SMILES string of the molecule is N#Cc1ccc(N2CCOCC2)[nH]c1=S. The lowest BCUT2D eigenvalue weighted by Crippen LogP contribution is -2.36. The predicted octanol–water partition coefficient (Wildman–Crippen LogP) is 1.45. The number of anilines is 1. The molecule has 0 aromatic carbocycles. The van der Waals surface area contributed by atoms with Crippen LogP contribution in [0.3, 0.4) is 0 Å². The third-order valence-electron chi connectivity index (χ3n) is 2.37. The fourth-order valence-electron chi connectivity index (χ4n) is 1.54. The van der Waals surface area contributed by atoms with E-state index in [2.05, 4.69) is 9.88 Å². The first-order valence-corrected chi connectivity index (χ1v) is 5.18. The van der Waals surface area contributed by atoms with Crippen LogP contribution in [0.2, 0.25) is 0 Å². The number of nitrogens with zero attached hydrogens (tertiary/aromatic N) is 2. The van der Waals surface area contributed by atoms with Gasteiger partial charge in [-0.1, -0.05) is 12.2 Å². The lowest BCUT2D eigenvalue weighted by atomic mass is 10.3. The summed E-state index contributed by atoms with van der Waals surface area (Å²) in [6.07, 6.45) is 0. The van der Waals surface area contributed by atoms with Gasteiger partial charge in [-0.15, -0.1) is 0 Å². The van der Waals surface area contributed by atoms with Crippen molar-refractivity contribution in [3.63, 3.8) is 0 Å². The zero-order valence-corrected chi connectivity index (χ0v) is 9.01. The summed E-state index contributed by atoms with van der Waals surface area (Å²) in [5, 5.41) is 8.75. The van der Waals surface area contributed by atoms with Crippen molar-refractivity contribution in [3.05, 3.63) is 22.3 Å². The number of nitrogens with one attached hydrogen (secondary N) is 1. The molecule has 0 saturated carbocycles. The molecular formula is C10H11N3OS. The molecule has 4 nitrogen and oxygen atoms in total. The van der Waals surface area contributed by atoms with Gasteiger partial charge in [-0.3, -0.25) is 0 Å². The lowest BCUT2D eigenvalue weighted by molar-refractivity contribution is 0.122. The van der Waals surface area contributed by atoms with E-state index in [4.69, 9.17) is 22.2 Å². The van der Waals surface area contributed by atoms with Crippen LogP contribution in [0.4, 0.5) is 5.82 Å². The van der Waals surface area contributed by atoms with Crippen LogP contribution in [-0.2, 0) is 4.74 Å². The van der Waals surface area contributed by atoms with E-state index in [1.54, 1.807) is 6.07 Å². The maximum Gasteiger partial charge on any atom is 0.122 e. The molecule has 1 saturated heterocycles. The van der Waals surface area contributed by atoms with Gasteiger partial charge in [0.1, 0.15) is 16.5 Å². The Morgan fingerprint density at radius 2 is 2.13 bits per heavy atom. The molecular weight excluding hydrogens is 210 g/mol. The first kappa shape index (κ1) is 10.1. The number of morpholine rings is 1. The van der Waals surface area contributed by atoms with Gasteiger partial charge in [0, 0.05) is 13.1 Å². The Bertz CT molecular complexity index is 443. The van der Waals surface area contributed by atoms with Crippen LogP contribution in [0.5, 0.6) is 0 Å². The van der Waals surface area contributed by atoms with E-state index in [0.717, 1.165) is 32.1 Å². The van der Waals surface area contributed by atoms with E-state index < -0.39 is 0 Å². The Hall–Kier alpha value is -1.38. The van der Waals surface area contributed by atoms with Crippen LogP contribution >= 0.6 is 12.2 Å². The number of hydrogen-bond donors (Lipinski definition) is 1. The summed E-state index contributed by atoms with van der Waals surface area (Å²) in [6.45, 7) is 3.19. The van der Waals surface area contributed by atoms with E-state index in [0.29, 0.717) is 10.2 Å². The highest BCUT2D eigenvalue weighted by Gasteiger charge is 2.11. The van der Waals surface area contributed by atoms with Gasteiger partial charge in [-0.05, 0) is 12.1 Å². The summed E-state index contributed by atoms with van der Waals surface area (Å²) in [5.74, 6) is 0.960. The van der Waals surface area contributed by atoms with Crippen molar-refractivity contribution in [1.29, 1.82) is 5.26 Å². The summed E-state index contributed by atoms with van der Waals surface area (Å²) < 4.78 is 5.76. The average Bonchev–Trinajstić information content (AvgIpc) is 2.30. The van der Waals surface area contributed by atoms with E-state index in [-0.39, 0.29) is 0 Å². The number of aromatic nitrogens is 1. The minimum Gasteiger partial charge on any atom is -0.378 e. The maximum atomic E-state index is 8.75. The molecule has 1 aromatic heterocycles. The van der Waals surface area contributed by atoms with Gasteiger partial charge >= 0.3 is 0 Å². The summed E-state index contributed by atoms with van der Waals surface area (Å²) in [5.41, 5.74) is 0.516. The molecule has 5 heteroatoms. The predicted molar refractivity (Wildman–Crippen MR) is 59.4 cm³/mol. The Morgan fingerprint density at radius 3 is 2.73 bits per heavy atom. The van der Waals surface area contributed by atoms with Crippen molar-refractivity contribution in [2.75, 3.05) is 31.2 Å². The van der Waals surface area contributed by atoms with Crippen molar-refractivity contribution in [2.45, 2.75) is 0 Å². The molecule has 1 fully saturated rings. The van der Waals surface area contributed by atoms with Crippen molar-refractivity contribution in [3.8, 4) is 6.07 Å². The molecule has 15 heavy (non-hydrogen) atoms. The minimum atomic E-state index is 0.501. The molecule has 2 heterocycles. The number of aromatic amines is 1. The van der Waals surface area contributed by atoms with Crippen molar-refractivity contribution < 1.29 is 4.74 Å². The minimum absolute atomic E-state index is 0.501. The third-order valence-corrected chi connectivity index (χ3v) is 2.69. The highest BCUT2D eigenvalue weighted by atomic mass is 32.1. The zero-order chi connectivity index (χ0) is 10.7. The van der Waals surface area contributed by atoms with Crippen molar-refractivity contribution >= 4 is 18.0 Å². The molecule has 0 bridgehead atoms. The summed E-state index contributed by atoms with van der Waals surface area (Å²) in [7, 11) is 0. The molecule has 0 amide bonds. The lowest BCUT2D eigenvalue weighted by Gasteiger charge is -2.28. The van der Waals surface area contributed by atoms with Gasteiger partial charge in [0.05, 0.1) is 18.8 Å². The van der Waals surface area contributed by atoms with E-state index in [9.17, 15) is 0 Å². The number of ether oxygens (including phenoxy) is 1. The molecule has 1 aliphatic rings. The van der Waals surface area contributed by atoms with Gasteiger partial charge in [0.15, 0.2) is 0 Å². The van der Waals surface area contributed by atoms with Crippen LogP contribution in [0.1, 0.15) is 5.56 Å². The second-order valence-corrected chi connectivity index (χ2v) is 3.71. The van der Waals surface area contributed by atoms with Gasteiger partial charge in [-0.2, -0.15) is 5.26 Å². The highest BCUT2D eigenvalue weighted by molar-refractivity contribution is 7.71. The number of pyridine rings is 1.